The van der Waals surface area contributed by atoms with Crippen molar-refractivity contribution in [3.8, 4) is 0 Å². The van der Waals surface area contributed by atoms with Crippen molar-refractivity contribution in [3.63, 3.8) is 0 Å². The third-order valence-electron chi connectivity index (χ3n) is 4.36. The molecule has 0 aromatic rings. The molecule has 2 atom stereocenters. The number of ether oxygens (including phenoxy) is 2. The Hall–Kier alpha value is -0.610. The molecule has 2 fully saturated rings. The molecule has 1 amide bonds. The van der Waals surface area contributed by atoms with Gasteiger partial charge in [-0.2, -0.15) is 0 Å². The van der Waals surface area contributed by atoms with E-state index in [1.165, 1.54) is 0 Å². The zero-order chi connectivity index (χ0) is 17.6. The molecule has 0 radical (unpaired) electrons. The van der Waals surface area contributed by atoms with E-state index in [2.05, 4.69) is 20.5 Å². The van der Waals surface area contributed by atoms with Crippen LogP contribution in [0.5, 0.6) is 0 Å². The van der Waals surface area contributed by atoms with E-state index < -0.39 is 0 Å². The molecule has 0 aromatic carbocycles. The first-order valence-electron chi connectivity index (χ1n) is 8.89. The van der Waals surface area contributed by atoms with Crippen LogP contribution >= 0.6 is 24.0 Å². The van der Waals surface area contributed by atoms with Crippen molar-refractivity contribution in [2.45, 2.75) is 45.8 Å². The Morgan fingerprint density at radius 2 is 1.84 bits per heavy atom. The fourth-order valence-electron chi connectivity index (χ4n) is 2.94. The lowest BCUT2D eigenvalue weighted by Gasteiger charge is -2.37. The minimum Gasteiger partial charge on any atom is -0.375 e. The van der Waals surface area contributed by atoms with Crippen LogP contribution in [-0.4, -0.2) is 75.4 Å². The highest BCUT2D eigenvalue weighted by Gasteiger charge is 2.32. The molecule has 2 N–H and O–H groups in total. The van der Waals surface area contributed by atoms with Crippen LogP contribution in [0.1, 0.15) is 33.6 Å². The molecule has 0 aliphatic carbocycles. The van der Waals surface area contributed by atoms with Gasteiger partial charge in [0, 0.05) is 45.2 Å². The van der Waals surface area contributed by atoms with Crippen molar-refractivity contribution >= 4 is 35.8 Å². The highest BCUT2D eigenvalue weighted by molar-refractivity contribution is 14.0. The van der Waals surface area contributed by atoms with Crippen LogP contribution in [0.2, 0.25) is 0 Å². The quantitative estimate of drug-likeness (QED) is 0.281. The van der Waals surface area contributed by atoms with Crippen LogP contribution in [0.15, 0.2) is 4.99 Å². The van der Waals surface area contributed by atoms with Crippen molar-refractivity contribution in [3.05, 3.63) is 0 Å². The lowest BCUT2D eigenvalue weighted by Crippen LogP contribution is -2.54. The summed E-state index contributed by atoms with van der Waals surface area (Å²) in [4.78, 5) is 18.4. The van der Waals surface area contributed by atoms with Gasteiger partial charge in [-0.25, -0.2) is 0 Å². The number of halogens is 1. The predicted octanol–water partition coefficient (Wildman–Crippen LogP) is 1.22. The Morgan fingerprint density at radius 1 is 1.16 bits per heavy atom. The zero-order valence-electron chi connectivity index (χ0n) is 15.8. The van der Waals surface area contributed by atoms with Gasteiger partial charge in [0.05, 0.1) is 12.7 Å². The molecule has 2 rings (SSSR count). The van der Waals surface area contributed by atoms with E-state index >= 15 is 0 Å². The summed E-state index contributed by atoms with van der Waals surface area (Å²) in [5.74, 6) is 0.912. The first-order valence-corrected chi connectivity index (χ1v) is 8.89. The number of carbonyl (C=O) groups excluding carboxylic acids is 1. The van der Waals surface area contributed by atoms with Gasteiger partial charge in [0.15, 0.2) is 5.96 Å². The maximum absolute atomic E-state index is 11.9. The van der Waals surface area contributed by atoms with Gasteiger partial charge in [0.2, 0.25) is 5.91 Å². The second-order valence-corrected chi connectivity index (χ2v) is 7.39. The lowest BCUT2D eigenvalue weighted by molar-refractivity contribution is -0.128. The van der Waals surface area contributed by atoms with Crippen molar-refractivity contribution in [2.24, 2.45) is 10.4 Å². The number of amides is 1. The summed E-state index contributed by atoms with van der Waals surface area (Å²) in [6.45, 7) is 10.1. The van der Waals surface area contributed by atoms with Gasteiger partial charge in [-0.3, -0.25) is 9.79 Å². The minimum absolute atomic E-state index is 0. The number of nitrogens with one attached hydrogen (secondary N) is 2. The van der Waals surface area contributed by atoms with Crippen LogP contribution in [0.3, 0.4) is 0 Å². The molecular formula is C17H33IN4O3. The molecule has 25 heavy (non-hydrogen) atoms. The van der Waals surface area contributed by atoms with E-state index in [1.807, 2.05) is 20.8 Å². The summed E-state index contributed by atoms with van der Waals surface area (Å²) in [6.07, 6.45) is 2.51. The zero-order valence-corrected chi connectivity index (χ0v) is 18.2. The Kier molecular flexibility index (Phi) is 9.44. The van der Waals surface area contributed by atoms with Gasteiger partial charge in [-0.1, -0.05) is 20.8 Å². The summed E-state index contributed by atoms with van der Waals surface area (Å²) in [5.41, 5.74) is -0.361. The monoisotopic (exact) mass is 468 g/mol. The number of aliphatic imine (C=N–C) groups is 1. The standard InChI is InChI=1S/C17H32N4O3.HI/c1-17(2,3)15(22)19-7-8-20-16(18-4)21-9-11-24-14(12-21)13-6-5-10-23-13;/h13-14H,5-12H2,1-4H3,(H,18,20)(H,19,22);1H. The molecule has 0 spiro atoms. The van der Waals surface area contributed by atoms with Crippen molar-refractivity contribution in [1.29, 1.82) is 0 Å². The Labute approximate surface area is 168 Å². The predicted molar refractivity (Wildman–Crippen MR) is 110 cm³/mol. The minimum atomic E-state index is -0.361. The first kappa shape index (κ1) is 22.4. The number of rotatable bonds is 4. The molecule has 2 heterocycles. The smallest absolute Gasteiger partial charge is 0.225 e. The maximum atomic E-state index is 11.9. The number of nitrogens with zero attached hydrogens (tertiary/aromatic N) is 2. The van der Waals surface area contributed by atoms with Crippen LogP contribution in [-0.2, 0) is 14.3 Å². The highest BCUT2D eigenvalue weighted by Crippen LogP contribution is 2.21. The number of carbonyl (C=O) groups is 1. The van der Waals surface area contributed by atoms with Gasteiger partial charge in [0.25, 0.3) is 0 Å². The van der Waals surface area contributed by atoms with E-state index in [-0.39, 0.29) is 47.5 Å². The number of morpholine rings is 1. The highest BCUT2D eigenvalue weighted by atomic mass is 127. The van der Waals surface area contributed by atoms with Gasteiger partial charge < -0.3 is 25.0 Å². The normalized spacial score (nSPS) is 24.6. The SMILES string of the molecule is CN=C(NCCNC(=O)C(C)(C)C)N1CCOC(C2CCCO2)C1.I. The summed E-state index contributed by atoms with van der Waals surface area (Å²) in [5, 5.41) is 6.26. The molecule has 2 aliphatic rings. The van der Waals surface area contributed by atoms with Gasteiger partial charge in [-0.05, 0) is 12.8 Å². The number of hydrogen-bond donors (Lipinski definition) is 2. The largest absolute Gasteiger partial charge is 0.375 e. The molecule has 0 saturated carbocycles. The average Bonchev–Trinajstić information content (AvgIpc) is 3.08. The molecule has 0 aromatic heterocycles. The summed E-state index contributed by atoms with van der Waals surface area (Å²) < 4.78 is 11.6. The van der Waals surface area contributed by atoms with E-state index in [1.54, 1.807) is 7.05 Å². The lowest BCUT2D eigenvalue weighted by atomic mass is 9.96. The molecule has 146 valence electrons. The summed E-state index contributed by atoms with van der Waals surface area (Å²) >= 11 is 0. The van der Waals surface area contributed by atoms with Gasteiger partial charge in [0.1, 0.15) is 6.10 Å². The first-order chi connectivity index (χ1) is 11.4. The summed E-state index contributed by atoms with van der Waals surface area (Å²) in [6, 6.07) is 0. The molecule has 0 bridgehead atoms. The van der Waals surface area contributed by atoms with E-state index in [0.717, 1.165) is 38.5 Å². The molecule has 2 aliphatic heterocycles. The van der Waals surface area contributed by atoms with Gasteiger partial charge in [-0.15, -0.1) is 24.0 Å². The second kappa shape index (κ2) is 10.5. The fraction of sp³-hybridized carbons (Fsp3) is 0.882. The third kappa shape index (κ3) is 6.90. The van der Waals surface area contributed by atoms with Crippen LogP contribution in [0.4, 0.5) is 0 Å². The van der Waals surface area contributed by atoms with Crippen LogP contribution in [0.25, 0.3) is 0 Å². The number of hydrogen-bond acceptors (Lipinski definition) is 4. The van der Waals surface area contributed by atoms with Crippen molar-refractivity contribution < 1.29 is 14.3 Å². The molecule has 8 heteroatoms. The van der Waals surface area contributed by atoms with Crippen LogP contribution in [0, 0.1) is 5.41 Å². The number of guanidine groups is 1. The Bertz CT molecular complexity index is 448. The average molecular weight is 468 g/mol. The summed E-state index contributed by atoms with van der Waals surface area (Å²) in [7, 11) is 1.78. The topological polar surface area (TPSA) is 75.2 Å². The van der Waals surface area contributed by atoms with Crippen molar-refractivity contribution in [1.82, 2.24) is 15.5 Å². The molecule has 2 saturated heterocycles. The third-order valence-corrected chi connectivity index (χ3v) is 4.36. The van der Waals surface area contributed by atoms with E-state index in [0.29, 0.717) is 19.7 Å². The molecular weight excluding hydrogens is 435 g/mol. The van der Waals surface area contributed by atoms with Crippen molar-refractivity contribution in [2.75, 3.05) is 46.4 Å². The maximum Gasteiger partial charge on any atom is 0.225 e. The Morgan fingerprint density at radius 3 is 2.44 bits per heavy atom. The Balaban J connectivity index is 0.00000312. The van der Waals surface area contributed by atoms with Gasteiger partial charge >= 0.3 is 0 Å². The second-order valence-electron chi connectivity index (χ2n) is 7.39. The molecule has 2 unspecified atom stereocenters. The molecule has 7 nitrogen and oxygen atoms in total. The van der Waals surface area contributed by atoms with E-state index in [4.69, 9.17) is 9.47 Å². The van der Waals surface area contributed by atoms with E-state index in [9.17, 15) is 4.79 Å². The van der Waals surface area contributed by atoms with Crippen LogP contribution < -0.4 is 10.6 Å². The fourth-order valence-corrected chi connectivity index (χ4v) is 2.94.